The van der Waals surface area contributed by atoms with E-state index in [0.29, 0.717) is 17.4 Å². The highest BCUT2D eigenvalue weighted by Gasteiger charge is 2.53. The highest BCUT2D eigenvalue weighted by molar-refractivity contribution is 5.92. The first-order chi connectivity index (χ1) is 13.0. The van der Waals surface area contributed by atoms with Gasteiger partial charge < -0.3 is 15.5 Å². The Labute approximate surface area is 172 Å². The zero-order chi connectivity index (χ0) is 19.0. The van der Waals surface area contributed by atoms with E-state index in [1.165, 1.54) is 6.42 Å². The van der Waals surface area contributed by atoms with Gasteiger partial charge >= 0.3 is 0 Å². The van der Waals surface area contributed by atoms with Crippen molar-refractivity contribution in [2.24, 2.45) is 17.6 Å². The molecule has 2 bridgehead atoms. The van der Waals surface area contributed by atoms with E-state index in [2.05, 4.69) is 20.9 Å². The molecule has 3 N–H and O–H groups in total. The molecule has 1 saturated heterocycles. The van der Waals surface area contributed by atoms with Gasteiger partial charge in [-0.15, -0.1) is 12.4 Å². The lowest BCUT2D eigenvalue weighted by Gasteiger charge is -2.55. The van der Waals surface area contributed by atoms with Gasteiger partial charge in [-0.05, 0) is 37.5 Å². The number of amides is 1. The Morgan fingerprint density at radius 1 is 1.36 bits per heavy atom. The number of hydrogen-bond acceptors (Lipinski definition) is 4. The number of benzene rings is 1. The number of hydrogen-bond donors (Lipinski definition) is 2. The summed E-state index contributed by atoms with van der Waals surface area (Å²) in [6.07, 6.45) is 5.48. The number of methoxy groups -OCH3 is 1. The van der Waals surface area contributed by atoms with Crippen LogP contribution >= 0.6 is 12.4 Å². The van der Waals surface area contributed by atoms with Crippen molar-refractivity contribution in [1.82, 2.24) is 14.9 Å². The minimum Gasteiger partial charge on any atom is -0.373 e. The van der Waals surface area contributed by atoms with Crippen molar-refractivity contribution in [2.45, 2.75) is 38.3 Å². The quantitative estimate of drug-likeness (QED) is 0.802. The molecule has 1 aliphatic carbocycles. The molecule has 7 heteroatoms. The minimum absolute atomic E-state index is 0. The van der Waals surface area contributed by atoms with Crippen LogP contribution in [0.4, 0.5) is 0 Å². The number of H-pyrrole nitrogens is 1. The Kier molecular flexibility index (Phi) is 6.12. The number of carbonyl (C=O) groups is 1. The summed E-state index contributed by atoms with van der Waals surface area (Å²) in [5, 5.41) is 0. The van der Waals surface area contributed by atoms with Crippen LogP contribution in [-0.2, 0) is 16.9 Å². The lowest BCUT2D eigenvalue weighted by molar-refractivity contribution is -0.170. The number of ether oxygens (including phenoxy) is 1. The average Bonchev–Trinajstić information content (AvgIpc) is 3.06. The topological polar surface area (TPSA) is 84.2 Å². The van der Waals surface area contributed by atoms with Crippen LogP contribution in [0.2, 0.25) is 0 Å². The van der Waals surface area contributed by atoms with Crippen LogP contribution in [-0.4, -0.2) is 41.0 Å². The standard InChI is InChI=1S/C21H28N4O2.ClH/c1-14-23-10-19(24-14)13-25-11-17-7-4-8-18(12-25)21(17,27-2)16-6-3-5-15(9-16)20(22)26;/h3,5-6,9-10,17-18H,4,7-8,11-13H2,1-2H3,(H2,22,26)(H,23,24);1H/t17-,18+,21-;. The lowest BCUT2D eigenvalue weighted by atomic mass is 9.62. The third kappa shape index (κ3) is 3.56. The van der Waals surface area contributed by atoms with Crippen LogP contribution < -0.4 is 5.73 Å². The van der Waals surface area contributed by atoms with Crippen LogP contribution in [0, 0.1) is 18.8 Å². The van der Waals surface area contributed by atoms with E-state index >= 15 is 0 Å². The Balaban J connectivity index is 0.00000225. The second kappa shape index (κ2) is 8.23. The van der Waals surface area contributed by atoms with Crippen molar-refractivity contribution >= 4 is 18.3 Å². The number of piperidine rings is 1. The summed E-state index contributed by atoms with van der Waals surface area (Å²) in [6.45, 7) is 4.78. The number of nitrogens with zero attached hydrogens (tertiary/aromatic N) is 2. The van der Waals surface area contributed by atoms with E-state index in [0.717, 1.165) is 49.6 Å². The Bertz CT molecular complexity index is 823. The fourth-order valence-corrected chi connectivity index (χ4v) is 5.27. The third-order valence-electron chi connectivity index (χ3n) is 6.36. The van der Waals surface area contributed by atoms with Gasteiger partial charge in [0.25, 0.3) is 0 Å². The Morgan fingerprint density at radius 3 is 2.64 bits per heavy atom. The van der Waals surface area contributed by atoms with Crippen LogP contribution in [0.25, 0.3) is 0 Å². The van der Waals surface area contributed by atoms with Gasteiger partial charge in [-0.2, -0.15) is 0 Å². The molecule has 0 radical (unpaired) electrons. The summed E-state index contributed by atoms with van der Waals surface area (Å²) in [6, 6.07) is 7.72. The molecule has 1 aromatic carbocycles. The first-order valence-electron chi connectivity index (χ1n) is 9.71. The summed E-state index contributed by atoms with van der Waals surface area (Å²) in [7, 11) is 1.81. The summed E-state index contributed by atoms with van der Waals surface area (Å²) >= 11 is 0. The smallest absolute Gasteiger partial charge is 0.248 e. The summed E-state index contributed by atoms with van der Waals surface area (Å²) in [4.78, 5) is 21.9. The number of aromatic nitrogens is 2. The number of halogens is 1. The van der Waals surface area contributed by atoms with E-state index in [1.807, 2.05) is 32.4 Å². The molecule has 1 saturated carbocycles. The van der Waals surface area contributed by atoms with E-state index in [-0.39, 0.29) is 23.9 Å². The van der Waals surface area contributed by atoms with Gasteiger partial charge in [0.05, 0.1) is 5.69 Å². The molecule has 152 valence electrons. The molecule has 1 amide bonds. The molecule has 3 atom stereocenters. The van der Waals surface area contributed by atoms with Gasteiger partial charge in [-0.1, -0.05) is 18.6 Å². The van der Waals surface area contributed by atoms with Gasteiger partial charge in [-0.3, -0.25) is 9.69 Å². The molecule has 1 aliphatic heterocycles. The first-order valence-corrected chi connectivity index (χ1v) is 9.71. The van der Waals surface area contributed by atoms with Crippen molar-refractivity contribution in [3.05, 3.63) is 53.1 Å². The maximum Gasteiger partial charge on any atom is 0.248 e. The second-order valence-corrected chi connectivity index (χ2v) is 7.94. The van der Waals surface area contributed by atoms with Crippen LogP contribution in [0.5, 0.6) is 0 Å². The van der Waals surface area contributed by atoms with Gasteiger partial charge in [0.15, 0.2) is 0 Å². The molecule has 2 fully saturated rings. The van der Waals surface area contributed by atoms with Crippen LogP contribution in [0.3, 0.4) is 0 Å². The molecule has 2 aromatic rings. The Morgan fingerprint density at radius 2 is 2.07 bits per heavy atom. The van der Waals surface area contributed by atoms with Crippen molar-refractivity contribution < 1.29 is 9.53 Å². The zero-order valence-corrected chi connectivity index (χ0v) is 17.3. The number of imidazole rings is 1. The number of nitrogens with two attached hydrogens (primary N) is 1. The van der Waals surface area contributed by atoms with E-state index < -0.39 is 0 Å². The molecule has 0 unspecified atom stereocenters. The molecule has 6 nitrogen and oxygen atoms in total. The number of fused-ring (bicyclic) bond motifs is 2. The van der Waals surface area contributed by atoms with Crippen LogP contribution in [0.15, 0.2) is 30.5 Å². The van der Waals surface area contributed by atoms with Crippen molar-refractivity contribution in [3.63, 3.8) is 0 Å². The maximum absolute atomic E-state index is 11.7. The number of likely N-dealkylation sites (tertiary alicyclic amines) is 1. The summed E-state index contributed by atoms with van der Waals surface area (Å²) in [5.74, 6) is 1.34. The second-order valence-electron chi connectivity index (χ2n) is 7.94. The molecule has 2 heterocycles. The van der Waals surface area contributed by atoms with Crippen molar-refractivity contribution in [1.29, 1.82) is 0 Å². The van der Waals surface area contributed by atoms with Gasteiger partial charge in [0.1, 0.15) is 11.4 Å². The maximum atomic E-state index is 11.7. The fraction of sp³-hybridized carbons (Fsp3) is 0.524. The normalized spacial score (nSPS) is 27.2. The molecule has 1 aromatic heterocycles. The number of aromatic amines is 1. The monoisotopic (exact) mass is 404 g/mol. The number of primary amides is 1. The van der Waals surface area contributed by atoms with Gasteiger partial charge in [-0.25, -0.2) is 4.98 Å². The molecule has 4 rings (SSSR count). The fourth-order valence-electron chi connectivity index (χ4n) is 5.27. The van der Waals surface area contributed by atoms with E-state index in [9.17, 15) is 4.79 Å². The summed E-state index contributed by atoms with van der Waals surface area (Å²) in [5.41, 5.74) is 7.91. The van der Waals surface area contributed by atoms with E-state index in [4.69, 9.17) is 10.5 Å². The number of rotatable bonds is 5. The number of nitrogens with one attached hydrogen (secondary N) is 1. The molecule has 0 spiro atoms. The molecule has 28 heavy (non-hydrogen) atoms. The van der Waals surface area contributed by atoms with Crippen molar-refractivity contribution in [2.75, 3.05) is 20.2 Å². The molecule has 2 aliphatic rings. The molecular formula is C21H29ClN4O2. The highest BCUT2D eigenvalue weighted by Crippen LogP contribution is 2.51. The van der Waals surface area contributed by atoms with E-state index in [1.54, 1.807) is 6.07 Å². The SMILES string of the molecule is CO[C@]1(c2cccc(C(N)=O)c2)[C@@H]2CCC[C@H]1CN(Cc1c[nH]c(C)n1)C2.Cl. The Hall–Kier alpha value is -1.89. The molecular weight excluding hydrogens is 376 g/mol. The first kappa shape index (κ1) is 20.8. The van der Waals surface area contributed by atoms with Gasteiger partial charge in [0, 0.05) is 50.3 Å². The lowest BCUT2D eigenvalue weighted by Crippen LogP contribution is -2.58. The largest absolute Gasteiger partial charge is 0.373 e. The number of carbonyl (C=O) groups excluding carboxylic acids is 1. The summed E-state index contributed by atoms with van der Waals surface area (Å²) < 4.78 is 6.27. The number of aryl methyl sites for hydroxylation is 1. The predicted molar refractivity (Wildman–Crippen MR) is 110 cm³/mol. The zero-order valence-electron chi connectivity index (χ0n) is 16.5. The average molecular weight is 405 g/mol. The van der Waals surface area contributed by atoms with Crippen LogP contribution in [0.1, 0.15) is 46.7 Å². The van der Waals surface area contributed by atoms with Gasteiger partial charge in [0.2, 0.25) is 5.91 Å². The predicted octanol–water partition coefficient (Wildman–Crippen LogP) is 3.01. The minimum atomic E-state index is -0.389. The highest BCUT2D eigenvalue weighted by atomic mass is 35.5. The third-order valence-corrected chi connectivity index (χ3v) is 6.36. The van der Waals surface area contributed by atoms with Crippen molar-refractivity contribution in [3.8, 4) is 0 Å².